The number of hydrogen-bond acceptors (Lipinski definition) is 3. The lowest BCUT2D eigenvalue weighted by atomic mass is 9.81. The van der Waals surface area contributed by atoms with Crippen LogP contribution in [0.5, 0.6) is 5.75 Å². The highest BCUT2D eigenvalue weighted by Gasteiger charge is 2.39. The SMILES string of the molecule is COc1c(CCC(C)CCCCC2CCCC2=O)cccc1C1CC(c2ccc(F)cc2)=CC1C(=O)c1c(F)cc(F)cc1F. The van der Waals surface area contributed by atoms with E-state index in [1.165, 1.54) is 12.1 Å². The summed E-state index contributed by atoms with van der Waals surface area (Å²) in [5.74, 6) is -4.44. The van der Waals surface area contributed by atoms with Gasteiger partial charge < -0.3 is 4.74 Å². The van der Waals surface area contributed by atoms with Crippen LogP contribution in [0.1, 0.15) is 97.7 Å². The van der Waals surface area contributed by atoms with Gasteiger partial charge in [-0.25, -0.2) is 17.6 Å². The Morgan fingerprint density at radius 1 is 0.956 bits per heavy atom. The zero-order valence-electron chi connectivity index (χ0n) is 25.9. The molecular formula is C38H40F4O3. The van der Waals surface area contributed by atoms with Crippen molar-refractivity contribution in [1.82, 2.24) is 0 Å². The number of unbranched alkanes of at least 4 members (excludes halogenated alkanes) is 1. The second-order valence-corrected chi connectivity index (χ2v) is 12.7. The van der Waals surface area contributed by atoms with Gasteiger partial charge in [0.25, 0.3) is 0 Å². The number of rotatable bonds is 13. The lowest BCUT2D eigenvalue weighted by molar-refractivity contribution is -0.120. The number of carbonyl (C=O) groups is 2. The molecule has 1 fully saturated rings. The summed E-state index contributed by atoms with van der Waals surface area (Å²) in [6.07, 6.45) is 10.8. The van der Waals surface area contributed by atoms with Crippen molar-refractivity contribution in [3.63, 3.8) is 0 Å². The number of ether oxygens (including phenoxy) is 1. The first-order valence-corrected chi connectivity index (χ1v) is 16.0. The summed E-state index contributed by atoms with van der Waals surface area (Å²) < 4.78 is 62.9. The molecule has 0 aromatic heterocycles. The van der Waals surface area contributed by atoms with Crippen molar-refractivity contribution in [3.8, 4) is 5.75 Å². The van der Waals surface area contributed by atoms with Gasteiger partial charge in [-0.15, -0.1) is 0 Å². The maximum absolute atomic E-state index is 14.8. The number of hydrogen-bond donors (Lipinski definition) is 0. The Kier molecular flexibility index (Phi) is 10.6. The van der Waals surface area contributed by atoms with Gasteiger partial charge in [-0.3, -0.25) is 9.59 Å². The summed E-state index contributed by atoms with van der Waals surface area (Å²) in [4.78, 5) is 25.7. The Morgan fingerprint density at radius 2 is 1.69 bits per heavy atom. The van der Waals surface area contributed by atoms with Crippen LogP contribution >= 0.6 is 0 Å². The fourth-order valence-corrected chi connectivity index (χ4v) is 7.11. The monoisotopic (exact) mass is 620 g/mol. The number of methoxy groups -OCH3 is 1. The zero-order chi connectivity index (χ0) is 32.1. The van der Waals surface area contributed by atoms with Crippen molar-refractivity contribution in [2.75, 3.05) is 7.11 Å². The third kappa shape index (κ3) is 7.57. The van der Waals surface area contributed by atoms with E-state index in [1.54, 1.807) is 25.3 Å². The van der Waals surface area contributed by atoms with Gasteiger partial charge in [0.2, 0.25) is 0 Å². The summed E-state index contributed by atoms with van der Waals surface area (Å²) in [5, 5.41) is 0. The molecule has 3 aromatic carbocycles. The number of ketones is 2. The molecule has 4 atom stereocenters. The molecule has 0 N–H and O–H groups in total. The summed E-state index contributed by atoms with van der Waals surface area (Å²) >= 11 is 0. The summed E-state index contributed by atoms with van der Waals surface area (Å²) in [5.41, 5.74) is 2.42. The number of Topliss-reactive ketones (excluding diaryl/α,β-unsaturated/α-hetero) is 2. The first-order chi connectivity index (χ1) is 21.7. The van der Waals surface area contributed by atoms with Crippen LogP contribution in [-0.4, -0.2) is 18.7 Å². The molecule has 0 bridgehead atoms. The Labute approximate surface area is 262 Å². The highest BCUT2D eigenvalue weighted by atomic mass is 19.1. The minimum Gasteiger partial charge on any atom is -0.496 e. The van der Waals surface area contributed by atoms with E-state index in [0.717, 1.165) is 74.5 Å². The average molecular weight is 621 g/mol. The summed E-state index contributed by atoms with van der Waals surface area (Å²) in [7, 11) is 1.58. The van der Waals surface area contributed by atoms with Gasteiger partial charge >= 0.3 is 0 Å². The van der Waals surface area contributed by atoms with Crippen LogP contribution in [0.3, 0.4) is 0 Å². The quantitative estimate of drug-likeness (QED) is 0.109. The van der Waals surface area contributed by atoms with Crippen LogP contribution in [0.25, 0.3) is 5.57 Å². The Morgan fingerprint density at radius 3 is 2.36 bits per heavy atom. The largest absolute Gasteiger partial charge is 0.496 e. The topological polar surface area (TPSA) is 43.4 Å². The van der Waals surface area contributed by atoms with E-state index < -0.39 is 46.5 Å². The van der Waals surface area contributed by atoms with Crippen molar-refractivity contribution in [2.45, 2.75) is 77.0 Å². The fraction of sp³-hybridized carbons (Fsp3) is 0.421. The predicted molar refractivity (Wildman–Crippen MR) is 167 cm³/mol. The fourth-order valence-electron chi connectivity index (χ4n) is 7.11. The van der Waals surface area contributed by atoms with Crippen molar-refractivity contribution < 1.29 is 31.9 Å². The molecular weight excluding hydrogens is 580 g/mol. The smallest absolute Gasteiger partial charge is 0.176 e. The minimum atomic E-state index is -1.25. The van der Waals surface area contributed by atoms with Gasteiger partial charge in [-0.2, -0.15) is 0 Å². The second-order valence-electron chi connectivity index (χ2n) is 12.7. The van der Waals surface area contributed by atoms with Crippen LogP contribution in [0, 0.1) is 41.0 Å². The lowest BCUT2D eigenvalue weighted by Gasteiger charge is -2.24. The number of benzene rings is 3. The highest BCUT2D eigenvalue weighted by molar-refractivity contribution is 6.02. The van der Waals surface area contributed by atoms with Crippen LogP contribution in [-0.2, 0) is 11.2 Å². The predicted octanol–water partition coefficient (Wildman–Crippen LogP) is 9.82. The average Bonchev–Trinajstić information content (AvgIpc) is 3.64. The normalized spacial score (nSPS) is 20.4. The van der Waals surface area contributed by atoms with Crippen LogP contribution in [0.2, 0.25) is 0 Å². The van der Waals surface area contributed by atoms with Crippen molar-refractivity contribution >= 4 is 17.1 Å². The maximum atomic E-state index is 14.8. The number of halogens is 4. The Bertz CT molecular complexity index is 1540. The van der Waals surface area contributed by atoms with Gasteiger partial charge in [0.05, 0.1) is 12.7 Å². The molecule has 3 nitrogen and oxygen atoms in total. The molecule has 238 valence electrons. The number of carbonyl (C=O) groups excluding carboxylic acids is 2. The first-order valence-electron chi connectivity index (χ1n) is 16.0. The van der Waals surface area contributed by atoms with E-state index in [0.29, 0.717) is 41.6 Å². The third-order valence-electron chi connectivity index (χ3n) is 9.59. The van der Waals surface area contributed by atoms with Crippen LogP contribution in [0.15, 0.2) is 60.7 Å². The Hall–Kier alpha value is -3.74. The third-order valence-corrected chi connectivity index (χ3v) is 9.59. The van der Waals surface area contributed by atoms with E-state index in [9.17, 15) is 27.2 Å². The van der Waals surface area contributed by atoms with E-state index in [2.05, 4.69) is 6.92 Å². The minimum absolute atomic E-state index is 0.257. The molecule has 0 spiro atoms. The van der Waals surface area contributed by atoms with Gasteiger partial charge in [0, 0.05) is 36.3 Å². The second kappa shape index (κ2) is 14.6. The van der Waals surface area contributed by atoms with E-state index in [1.807, 2.05) is 18.2 Å². The van der Waals surface area contributed by atoms with E-state index >= 15 is 0 Å². The molecule has 0 saturated heterocycles. The van der Waals surface area contributed by atoms with Gasteiger partial charge in [-0.1, -0.05) is 62.6 Å². The van der Waals surface area contributed by atoms with Crippen molar-refractivity contribution in [3.05, 3.63) is 106 Å². The summed E-state index contributed by atoms with van der Waals surface area (Å²) in [6.45, 7) is 2.23. The van der Waals surface area contributed by atoms with Gasteiger partial charge in [-0.05, 0) is 78.8 Å². The molecule has 5 rings (SSSR count). The molecule has 4 unspecified atom stereocenters. The van der Waals surface area contributed by atoms with Gasteiger partial charge in [0.15, 0.2) is 5.78 Å². The molecule has 0 heterocycles. The summed E-state index contributed by atoms with van der Waals surface area (Å²) in [6, 6.07) is 12.7. The molecule has 0 aliphatic heterocycles. The molecule has 2 aliphatic carbocycles. The Balaban J connectivity index is 1.35. The highest BCUT2D eigenvalue weighted by Crippen LogP contribution is 2.48. The van der Waals surface area contributed by atoms with Gasteiger partial charge in [0.1, 0.15) is 34.8 Å². The first kappa shape index (κ1) is 32.6. The number of allylic oxidation sites excluding steroid dienone is 2. The molecule has 2 aliphatic rings. The van der Waals surface area contributed by atoms with Crippen molar-refractivity contribution in [2.24, 2.45) is 17.8 Å². The molecule has 1 saturated carbocycles. The molecule has 7 heteroatoms. The standard InChI is InChI=1S/C38H40F4O3/c1-23(7-3-4-8-25-9-6-12-35(25)43)13-14-26-10-5-11-30(38(26)45-2)31-19-27(24-15-17-28(39)18-16-24)20-32(31)37(44)36-33(41)21-29(40)22-34(36)42/h5,10-11,15-18,20-23,25,31-32H,3-4,6-9,12-14,19H2,1-2H3. The molecule has 45 heavy (non-hydrogen) atoms. The van der Waals surface area contributed by atoms with Crippen LogP contribution < -0.4 is 4.74 Å². The number of aryl methyl sites for hydroxylation is 1. The lowest BCUT2D eigenvalue weighted by Crippen LogP contribution is -2.21. The molecule has 3 aromatic rings. The zero-order valence-corrected chi connectivity index (χ0v) is 25.9. The van der Waals surface area contributed by atoms with Crippen molar-refractivity contribution in [1.29, 1.82) is 0 Å². The van der Waals surface area contributed by atoms with E-state index in [4.69, 9.17) is 4.74 Å². The molecule has 0 amide bonds. The molecule has 0 radical (unpaired) electrons. The maximum Gasteiger partial charge on any atom is 0.176 e. The number of para-hydroxylation sites is 1. The van der Waals surface area contributed by atoms with E-state index in [-0.39, 0.29) is 5.92 Å². The van der Waals surface area contributed by atoms with Crippen LogP contribution in [0.4, 0.5) is 17.6 Å².